The Morgan fingerprint density at radius 2 is 1.96 bits per heavy atom. The summed E-state index contributed by atoms with van der Waals surface area (Å²) in [5.41, 5.74) is 4.85. The highest BCUT2D eigenvalue weighted by molar-refractivity contribution is 6.03. The van der Waals surface area contributed by atoms with Gasteiger partial charge >= 0.3 is 6.09 Å². The van der Waals surface area contributed by atoms with Crippen LogP contribution < -0.4 is 10.7 Å². The van der Waals surface area contributed by atoms with E-state index in [2.05, 4.69) is 20.9 Å². The van der Waals surface area contributed by atoms with E-state index in [0.29, 0.717) is 17.1 Å². The summed E-state index contributed by atoms with van der Waals surface area (Å²) < 4.78 is 6.23. The lowest BCUT2D eigenvalue weighted by atomic mass is 10.1. The van der Waals surface area contributed by atoms with Crippen molar-refractivity contribution in [2.75, 3.05) is 11.9 Å². The minimum Gasteiger partial charge on any atom is -0.449 e. The predicted molar refractivity (Wildman–Crippen MR) is 90.0 cm³/mol. The van der Waals surface area contributed by atoms with Gasteiger partial charge in [0.15, 0.2) is 0 Å². The van der Waals surface area contributed by atoms with Gasteiger partial charge in [-0.15, -0.1) is 0 Å². The van der Waals surface area contributed by atoms with Gasteiger partial charge in [-0.1, -0.05) is 12.1 Å². The van der Waals surface area contributed by atoms with Crippen LogP contribution in [0.25, 0.3) is 0 Å². The summed E-state index contributed by atoms with van der Waals surface area (Å²) in [7, 11) is 1.70. The number of benzene rings is 1. The first-order valence-electron chi connectivity index (χ1n) is 7.38. The number of amides is 2. The third kappa shape index (κ3) is 4.42. The average Bonchev–Trinajstić information content (AvgIpc) is 3.00. The van der Waals surface area contributed by atoms with Crippen molar-refractivity contribution in [3.8, 4) is 0 Å². The molecule has 0 atom stereocenters. The van der Waals surface area contributed by atoms with Crippen LogP contribution in [-0.4, -0.2) is 34.1 Å². The second-order valence-corrected chi connectivity index (χ2v) is 4.90. The highest BCUT2D eigenvalue weighted by Crippen LogP contribution is 2.12. The summed E-state index contributed by atoms with van der Waals surface area (Å²) in [5, 5.41) is 10.7. The minimum absolute atomic E-state index is 0.239. The quantitative estimate of drug-likeness (QED) is 0.648. The predicted octanol–water partition coefficient (Wildman–Crippen LogP) is 2.14. The monoisotopic (exact) mass is 329 g/mol. The average molecular weight is 329 g/mol. The Kier molecular flexibility index (Phi) is 5.67. The summed E-state index contributed by atoms with van der Waals surface area (Å²) in [6, 6.07) is 8.75. The van der Waals surface area contributed by atoms with E-state index >= 15 is 0 Å². The normalized spacial score (nSPS) is 11.0. The fourth-order valence-electron chi connectivity index (χ4n) is 1.94. The van der Waals surface area contributed by atoms with Crippen molar-refractivity contribution in [2.24, 2.45) is 12.1 Å². The SMILES string of the molecule is CCOC(=O)N/N=C(\C)c1ccc(NC(=O)c2ccnn2C)cc1. The fraction of sp³-hybridized carbons (Fsp3) is 0.250. The van der Waals surface area contributed by atoms with Crippen LogP contribution >= 0.6 is 0 Å². The van der Waals surface area contributed by atoms with Crippen LogP contribution in [0, 0.1) is 0 Å². The molecule has 0 bridgehead atoms. The first-order chi connectivity index (χ1) is 11.5. The molecule has 0 aliphatic rings. The lowest BCUT2D eigenvalue weighted by Gasteiger charge is -2.07. The summed E-state index contributed by atoms with van der Waals surface area (Å²) in [5.74, 6) is -0.239. The van der Waals surface area contributed by atoms with E-state index in [1.165, 1.54) is 4.68 Å². The number of anilines is 1. The number of hydrogen-bond donors (Lipinski definition) is 2. The van der Waals surface area contributed by atoms with Gasteiger partial charge in [-0.3, -0.25) is 9.48 Å². The summed E-state index contributed by atoms with van der Waals surface area (Å²) in [6.45, 7) is 3.76. The molecule has 0 saturated carbocycles. The third-order valence-corrected chi connectivity index (χ3v) is 3.20. The first-order valence-corrected chi connectivity index (χ1v) is 7.38. The fourth-order valence-corrected chi connectivity index (χ4v) is 1.94. The summed E-state index contributed by atoms with van der Waals surface area (Å²) >= 11 is 0. The van der Waals surface area contributed by atoms with Crippen molar-refractivity contribution in [3.05, 3.63) is 47.8 Å². The van der Waals surface area contributed by atoms with Crippen molar-refractivity contribution in [1.29, 1.82) is 0 Å². The topological polar surface area (TPSA) is 97.6 Å². The Bertz CT molecular complexity index is 749. The van der Waals surface area contributed by atoms with Crippen LogP contribution in [0.15, 0.2) is 41.6 Å². The lowest BCUT2D eigenvalue weighted by Crippen LogP contribution is -2.20. The molecule has 0 fully saturated rings. The second-order valence-electron chi connectivity index (χ2n) is 4.90. The van der Waals surface area contributed by atoms with Gasteiger partial charge in [-0.2, -0.15) is 10.2 Å². The molecule has 8 nitrogen and oxygen atoms in total. The maximum atomic E-state index is 12.1. The number of nitrogens with one attached hydrogen (secondary N) is 2. The number of carbonyl (C=O) groups excluding carboxylic acids is 2. The van der Waals surface area contributed by atoms with Crippen molar-refractivity contribution >= 4 is 23.4 Å². The molecule has 1 heterocycles. The van der Waals surface area contributed by atoms with Gasteiger partial charge in [0.25, 0.3) is 5.91 Å². The molecule has 8 heteroatoms. The largest absolute Gasteiger partial charge is 0.449 e. The van der Waals surface area contributed by atoms with Gasteiger partial charge in [0.1, 0.15) is 5.69 Å². The standard InChI is InChI=1S/C16H19N5O3/c1-4-24-16(23)20-19-11(2)12-5-7-13(8-6-12)18-15(22)14-9-10-17-21(14)3/h5-10H,4H2,1-3H3,(H,18,22)(H,20,23)/b19-11+. The molecule has 126 valence electrons. The van der Waals surface area contributed by atoms with Gasteiger partial charge in [0, 0.05) is 18.9 Å². The Morgan fingerprint density at radius 3 is 2.54 bits per heavy atom. The highest BCUT2D eigenvalue weighted by atomic mass is 16.5. The molecule has 0 radical (unpaired) electrons. The van der Waals surface area contributed by atoms with Crippen LogP contribution in [0.4, 0.5) is 10.5 Å². The van der Waals surface area contributed by atoms with E-state index in [0.717, 1.165) is 5.56 Å². The first kappa shape index (κ1) is 17.2. The summed E-state index contributed by atoms with van der Waals surface area (Å²) in [6.07, 6.45) is 0.964. The Labute approximate surface area is 139 Å². The Balaban J connectivity index is 2.00. The highest BCUT2D eigenvalue weighted by Gasteiger charge is 2.10. The number of nitrogens with zero attached hydrogens (tertiary/aromatic N) is 3. The molecule has 0 aliphatic carbocycles. The maximum Gasteiger partial charge on any atom is 0.427 e. The van der Waals surface area contributed by atoms with E-state index < -0.39 is 6.09 Å². The van der Waals surface area contributed by atoms with E-state index in [4.69, 9.17) is 4.74 Å². The number of ether oxygens (including phenoxy) is 1. The smallest absolute Gasteiger partial charge is 0.427 e. The molecule has 0 spiro atoms. The van der Waals surface area contributed by atoms with Crippen LogP contribution in [0.5, 0.6) is 0 Å². The van der Waals surface area contributed by atoms with E-state index in [-0.39, 0.29) is 12.5 Å². The number of aryl methyl sites for hydroxylation is 1. The molecule has 24 heavy (non-hydrogen) atoms. The number of hydrazone groups is 1. The zero-order chi connectivity index (χ0) is 17.5. The molecule has 0 saturated heterocycles. The Hall–Kier alpha value is -3.16. The van der Waals surface area contributed by atoms with Gasteiger partial charge in [0.2, 0.25) is 0 Å². The van der Waals surface area contributed by atoms with Gasteiger partial charge in [-0.25, -0.2) is 10.2 Å². The second kappa shape index (κ2) is 7.91. The number of rotatable bonds is 5. The molecule has 2 amide bonds. The molecule has 1 aromatic carbocycles. The van der Waals surface area contributed by atoms with Crippen molar-refractivity contribution in [3.63, 3.8) is 0 Å². The lowest BCUT2D eigenvalue weighted by molar-refractivity contribution is 0.101. The molecule has 2 N–H and O–H groups in total. The van der Waals surface area contributed by atoms with Crippen molar-refractivity contribution in [1.82, 2.24) is 15.2 Å². The van der Waals surface area contributed by atoms with Crippen LogP contribution in [-0.2, 0) is 11.8 Å². The molecule has 2 aromatic rings. The molecular formula is C16H19N5O3. The minimum atomic E-state index is -0.600. The number of carbonyl (C=O) groups is 2. The zero-order valence-corrected chi connectivity index (χ0v) is 13.7. The number of aromatic nitrogens is 2. The molecule has 0 aliphatic heterocycles. The van der Waals surface area contributed by atoms with Crippen molar-refractivity contribution < 1.29 is 14.3 Å². The summed E-state index contributed by atoms with van der Waals surface area (Å²) in [4.78, 5) is 23.3. The molecule has 1 aromatic heterocycles. The van der Waals surface area contributed by atoms with Gasteiger partial charge in [0.05, 0.1) is 12.3 Å². The third-order valence-electron chi connectivity index (χ3n) is 3.20. The molecule has 2 rings (SSSR count). The number of hydrogen-bond acceptors (Lipinski definition) is 5. The zero-order valence-electron chi connectivity index (χ0n) is 13.7. The maximum absolute atomic E-state index is 12.1. The Morgan fingerprint density at radius 1 is 1.25 bits per heavy atom. The molecular weight excluding hydrogens is 310 g/mol. The van der Waals surface area contributed by atoms with E-state index in [9.17, 15) is 9.59 Å². The van der Waals surface area contributed by atoms with Crippen LogP contribution in [0.2, 0.25) is 0 Å². The van der Waals surface area contributed by atoms with Gasteiger partial charge in [-0.05, 0) is 37.6 Å². The van der Waals surface area contributed by atoms with Crippen molar-refractivity contribution in [2.45, 2.75) is 13.8 Å². The molecule has 0 unspecified atom stereocenters. The van der Waals surface area contributed by atoms with E-state index in [1.807, 2.05) is 0 Å². The van der Waals surface area contributed by atoms with Crippen LogP contribution in [0.1, 0.15) is 29.9 Å². The van der Waals surface area contributed by atoms with E-state index in [1.54, 1.807) is 57.4 Å². The van der Waals surface area contributed by atoms with Crippen LogP contribution in [0.3, 0.4) is 0 Å². The van der Waals surface area contributed by atoms with Gasteiger partial charge < -0.3 is 10.1 Å².